The molecule has 1 aromatic heterocycles. The van der Waals surface area contributed by atoms with Crippen LogP contribution in [0.25, 0.3) is 0 Å². The van der Waals surface area contributed by atoms with E-state index in [9.17, 15) is 14.0 Å². The molecule has 0 fully saturated rings. The number of nitrogens with one attached hydrogen (secondary N) is 2. The van der Waals surface area contributed by atoms with E-state index in [1.54, 1.807) is 11.6 Å². The normalized spacial score (nSPS) is 11.7. The van der Waals surface area contributed by atoms with Crippen molar-refractivity contribution in [1.29, 1.82) is 0 Å². The van der Waals surface area contributed by atoms with Gasteiger partial charge in [0, 0.05) is 6.54 Å². The number of hydrogen-bond donors (Lipinski definition) is 2. The molecule has 1 aromatic carbocycles. The van der Waals surface area contributed by atoms with E-state index < -0.39 is 23.7 Å². The summed E-state index contributed by atoms with van der Waals surface area (Å²) in [5.41, 5.74) is 5.27. The van der Waals surface area contributed by atoms with Crippen LogP contribution in [0.4, 0.5) is 4.39 Å². The largest absolute Gasteiger partial charge is 0.481 e. The quantitative estimate of drug-likeness (QED) is 0.704. The first-order chi connectivity index (χ1) is 12.8. The summed E-state index contributed by atoms with van der Waals surface area (Å²) in [7, 11) is 0. The van der Waals surface area contributed by atoms with Gasteiger partial charge in [-0.25, -0.2) is 4.39 Å². The predicted octanol–water partition coefficient (Wildman–Crippen LogP) is 3.01. The number of nitrogens with zero attached hydrogens (tertiary/aromatic N) is 2. The molecule has 0 aliphatic heterocycles. The number of carbonyl (C=O) groups is 2. The van der Waals surface area contributed by atoms with Crippen LogP contribution < -0.4 is 15.6 Å². The molecule has 0 saturated carbocycles. The lowest BCUT2D eigenvalue weighted by molar-refractivity contribution is -0.128. The minimum atomic E-state index is -0.903. The maximum absolute atomic E-state index is 12.9. The third-order valence-corrected chi connectivity index (χ3v) is 4.20. The molecule has 1 atom stereocenters. The van der Waals surface area contributed by atoms with Gasteiger partial charge in [0.2, 0.25) is 0 Å². The van der Waals surface area contributed by atoms with Crippen LogP contribution in [-0.2, 0) is 11.3 Å². The Hall–Kier alpha value is -2.61. The minimum Gasteiger partial charge on any atom is -0.481 e. The molecule has 0 spiro atoms. The Kier molecular flexibility index (Phi) is 7.18. The van der Waals surface area contributed by atoms with Crippen LogP contribution in [0, 0.1) is 12.7 Å². The van der Waals surface area contributed by atoms with Crippen LogP contribution in [0.2, 0.25) is 5.15 Å². The first-order valence-electron chi connectivity index (χ1n) is 8.58. The number of carbonyl (C=O) groups excluding carboxylic acids is 2. The molecule has 1 heterocycles. The Morgan fingerprint density at radius 2 is 1.96 bits per heavy atom. The van der Waals surface area contributed by atoms with Crippen LogP contribution in [-0.4, -0.2) is 27.7 Å². The van der Waals surface area contributed by atoms with Gasteiger partial charge in [-0.05, 0) is 44.5 Å². The van der Waals surface area contributed by atoms with Gasteiger partial charge < -0.3 is 4.74 Å². The van der Waals surface area contributed by atoms with Crippen molar-refractivity contribution >= 4 is 23.4 Å². The van der Waals surface area contributed by atoms with Crippen LogP contribution in [0.3, 0.4) is 0 Å². The van der Waals surface area contributed by atoms with E-state index in [-0.39, 0.29) is 10.7 Å². The summed E-state index contributed by atoms with van der Waals surface area (Å²) in [5.74, 6) is -1.21. The highest BCUT2D eigenvalue weighted by atomic mass is 35.5. The first kappa shape index (κ1) is 20.7. The van der Waals surface area contributed by atoms with Gasteiger partial charge in [-0.2, -0.15) is 5.10 Å². The zero-order chi connectivity index (χ0) is 20.0. The van der Waals surface area contributed by atoms with Gasteiger partial charge in [0.15, 0.2) is 6.10 Å². The summed E-state index contributed by atoms with van der Waals surface area (Å²) in [5, 5.41) is 4.48. The fraction of sp³-hybridized carbons (Fsp3) is 0.389. The van der Waals surface area contributed by atoms with Crippen molar-refractivity contribution in [1.82, 2.24) is 20.6 Å². The SMILES string of the molecule is CCCCn1nc(C)c(C(=O)NNC(=O)[C@@H](C)Oc2ccc(F)cc2)c1Cl. The second-order valence-electron chi connectivity index (χ2n) is 5.99. The third-order valence-electron chi connectivity index (χ3n) is 3.81. The molecule has 146 valence electrons. The average Bonchev–Trinajstić information content (AvgIpc) is 2.93. The monoisotopic (exact) mass is 396 g/mol. The molecule has 0 unspecified atom stereocenters. The maximum atomic E-state index is 12.9. The number of aromatic nitrogens is 2. The number of unbranched alkanes of at least 4 members (excludes halogenated alkanes) is 1. The summed E-state index contributed by atoms with van der Waals surface area (Å²) >= 11 is 6.23. The highest BCUT2D eigenvalue weighted by Crippen LogP contribution is 2.20. The van der Waals surface area contributed by atoms with Gasteiger partial charge in [0.05, 0.1) is 5.69 Å². The van der Waals surface area contributed by atoms with E-state index in [1.165, 1.54) is 31.2 Å². The molecule has 2 N–H and O–H groups in total. The van der Waals surface area contributed by atoms with Crippen molar-refractivity contribution in [2.75, 3.05) is 0 Å². The third kappa shape index (κ3) is 5.43. The number of halogens is 2. The molecule has 9 heteroatoms. The number of ether oxygens (including phenoxy) is 1. The average molecular weight is 397 g/mol. The lowest BCUT2D eigenvalue weighted by atomic mass is 10.2. The summed E-state index contributed by atoms with van der Waals surface area (Å²) in [4.78, 5) is 24.4. The van der Waals surface area contributed by atoms with Crippen molar-refractivity contribution in [2.24, 2.45) is 0 Å². The Balaban J connectivity index is 1.93. The summed E-state index contributed by atoms with van der Waals surface area (Å²) in [6.45, 7) is 5.83. The molecule has 27 heavy (non-hydrogen) atoms. The highest BCUT2D eigenvalue weighted by molar-refractivity contribution is 6.33. The number of benzene rings is 1. The van der Waals surface area contributed by atoms with Crippen LogP contribution in [0.5, 0.6) is 5.75 Å². The van der Waals surface area contributed by atoms with Gasteiger partial charge in [0.25, 0.3) is 11.8 Å². The van der Waals surface area contributed by atoms with E-state index in [2.05, 4.69) is 16.0 Å². The lowest BCUT2D eigenvalue weighted by Crippen LogP contribution is -2.47. The minimum absolute atomic E-state index is 0.208. The van der Waals surface area contributed by atoms with Crippen molar-refractivity contribution in [2.45, 2.75) is 46.3 Å². The zero-order valence-corrected chi connectivity index (χ0v) is 16.1. The van der Waals surface area contributed by atoms with Crippen LogP contribution in [0.15, 0.2) is 24.3 Å². The second kappa shape index (κ2) is 9.36. The second-order valence-corrected chi connectivity index (χ2v) is 6.34. The zero-order valence-electron chi connectivity index (χ0n) is 15.4. The van der Waals surface area contributed by atoms with Gasteiger partial charge in [0.1, 0.15) is 22.3 Å². The fourth-order valence-electron chi connectivity index (χ4n) is 2.32. The van der Waals surface area contributed by atoms with E-state index in [1.807, 2.05) is 6.92 Å². The van der Waals surface area contributed by atoms with E-state index in [0.29, 0.717) is 18.0 Å². The van der Waals surface area contributed by atoms with Crippen LogP contribution >= 0.6 is 11.6 Å². The van der Waals surface area contributed by atoms with Gasteiger partial charge >= 0.3 is 0 Å². The number of amides is 2. The Morgan fingerprint density at radius 3 is 2.59 bits per heavy atom. The lowest BCUT2D eigenvalue weighted by Gasteiger charge is -2.15. The van der Waals surface area contributed by atoms with Crippen molar-refractivity contribution in [3.63, 3.8) is 0 Å². The molecule has 2 amide bonds. The molecule has 0 bridgehead atoms. The molecule has 2 aromatic rings. The molecule has 0 saturated heterocycles. The predicted molar refractivity (Wildman–Crippen MR) is 99.0 cm³/mol. The first-order valence-corrected chi connectivity index (χ1v) is 8.96. The summed E-state index contributed by atoms with van der Waals surface area (Å²) in [6, 6.07) is 5.27. The number of aryl methyl sites for hydroxylation is 2. The Morgan fingerprint density at radius 1 is 1.30 bits per heavy atom. The number of rotatable bonds is 7. The molecule has 0 aliphatic rings. The topological polar surface area (TPSA) is 85.3 Å². The Bertz CT molecular complexity index is 808. The molecule has 7 nitrogen and oxygen atoms in total. The van der Waals surface area contributed by atoms with E-state index >= 15 is 0 Å². The Labute approximate surface area is 161 Å². The number of hydrogen-bond acceptors (Lipinski definition) is 4. The molecule has 0 aliphatic carbocycles. The standard InChI is InChI=1S/C18H22ClFN4O3/c1-4-5-10-24-16(19)15(11(2)23-24)18(26)22-21-17(25)12(3)27-14-8-6-13(20)7-9-14/h6-9,12H,4-5,10H2,1-3H3,(H,21,25)(H,22,26)/t12-/m1/s1. The molecule has 0 radical (unpaired) electrons. The number of hydrazine groups is 1. The van der Waals surface area contributed by atoms with Crippen molar-refractivity contribution in [3.05, 3.63) is 46.5 Å². The highest BCUT2D eigenvalue weighted by Gasteiger charge is 2.22. The smallest absolute Gasteiger partial charge is 0.279 e. The molecule has 2 rings (SSSR count). The van der Waals surface area contributed by atoms with Crippen molar-refractivity contribution < 1.29 is 18.7 Å². The van der Waals surface area contributed by atoms with Gasteiger partial charge in [-0.15, -0.1) is 0 Å². The van der Waals surface area contributed by atoms with Crippen LogP contribution in [0.1, 0.15) is 42.7 Å². The molecular weight excluding hydrogens is 375 g/mol. The van der Waals surface area contributed by atoms with E-state index in [4.69, 9.17) is 16.3 Å². The van der Waals surface area contributed by atoms with Crippen molar-refractivity contribution in [3.8, 4) is 5.75 Å². The molecular formula is C18H22ClFN4O3. The van der Waals surface area contributed by atoms with Gasteiger partial charge in [-0.3, -0.25) is 25.1 Å². The fourth-order valence-corrected chi connectivity index (χ4v) is 2.67. The summed E-state index contributed by atoms with van der Waals surface area (Å²) < 4.78 is 19.8. The van der Waals surface area contributed by atoms with Gasteiger partial charge in [-0.1, -0.05) is 24.9 Å². The van der Waals surface area contributed by atoms with E-state index in [0.717, 1.165) is 12.8 Å². The maximum Gasteiger partial charge on any atom is 0.279 e. The summed E-state index contributed by atoms with van der Waals surface area (Å²) in [6.07, 6.45) is 0.954.